The molecule has 0 aromatic heterocycles. The molecule has 0 aliphatic heterocycles. The molecule has 0 saturated heterocycles. The maximum Gasteiger partial charge on any atom is 0.417 e. The highest BCUT2D eigenvalue weighted by atomic mass is 32.2. The van der Waals surface area contributed by atoms with Crippen LogP contribution in [0.2, 0.25) is 0 Å². The fraction of sp³-hybridized carbons (Fsp3) is 0.176. The fourth-order valence-corrected chi connectivity index (χ4v) is 3.68. The first-order valence-corrected chi connectivity index (χ1v) is 9.29. The zero-order valence-corrected chi connectivity index (χ0v) is 15.3. The van der Waals surface area contributed by atoms with Crippen molar-refractivity contribution in [1.29, 1.82) is 0 Å². The Kier molecular flexibility index (Phi) is 6.10. The molecular weight excluding hydrogens is 399 g/mol. The lowest BCUT2D eigenvalue weighted by molar-refractivity contribution is -0.139. The third-order valence-corrected chi connectivity index (χ3v) is 5.24. The van der Waals surface area contributed by atoms with Gasteiger partial charge in [0.15, 0.2) is 0 Å². The van der Waals surface area contributed by atoms with E-state index in [1.54, 1.807) is 0 Å². The molecule has 0 fully saturated rings. The van der Waals surface area contributed by atoms with Crippen LogP contribution in [-0.2, 0) is 21.0 Å². The number of nitrogens with two attached hydrogens (primary N) is 1. The Labute approximate surface area is 158 Å². The van der Waals surface area contributed by atoms with E-state index in [0.717, 1.165) is 18.2 Å². The Morgan fingerprint density at radius 1 is 1.04 bits per heavy atom. The molecule has 2 aromatic rings. The van der Waals surface area contributed by atoms with Crippen molar-refractivity contribution in [1.82, 2.24) is 4.72 Å². The Morgan fingerprint density at radius 2 is 1.61 bits per heavy atom. The molecule has 11 heteroatoms. The lowest BCUT2D eigenvalue weighted by Gasteiger charge is -2.17. The van der Waals surface area contributed by atoms with Crippen LogP contribution in [0.1, 0.15) is 22.8 Å². The molecule has 0 saturated carbocycles. The molecule has 0 radical (unpaired) electrons. The molecule has 0 aliphatic carbocycles. The van der Waals surface area contributed by atoms with Gasteiger partial charge in [-0.15, -0.1) is 0 Å². The second kappa shape index (κ2) is 7.98. The van der Waals surface area contributed by atoms with E-state index in [-0.39, 0.29) is 11.3 Å². The van der Waals surface area contributed by atoms with E-state index in [4.69, 9.17) is 5.73 Å². The highest BCUT2D eigenvalue weighted by Gasteiger charge is 2.37. The van der Waals surface area contributed by atoms with Gasteiger partial charge in [-0.25, -0.2) is 8.42 Å². The standard InChI is InChI=1S/C17H16F3N3O4S/c1-10(16(25)22-12-8-6-11(7-9-12)15(21)24)23-28(26,27)14-5-3-2-4-13(14)17(18,19)20/h2-10,23H,1H3,(H2,21,24)(H,22,25)/t10-/m0/s1. The van der Waals surface area contributed by atoms with Crippen LogP contribution in [0.4, 0.5) is 18.9 Å². The summed E-state index contributed by atoms with van der Waals surface area (Å²) in [4.78, 5) is 22.2. The molecule has 150 valence electrons. The fourth-order valence-electron chi connectivity index (χ4n) is 2.25. The summed E-state index contributed by atoms with van der Waals surface area (Å²) in [6.45, 7) is 1.18. The number of carbonyl (C=O) groups is 2. The second-order valence-electron chi connectivity index (χ2n) is 5.77. The van der Waals surface area contributed by atoms with Crippen molar-refractivity contribution in [2.24, 2.45) is 5.73 Å². The Hall–Kier alpha value is -2.92. The molecular formula is C17H16F3N3O4S. The summed E-state index contributed by atoms with van der Waals surface area (Å²) in [5.74, 6) is -1.47. The maximum absolute atomic E-state index is 13.0. The Balaban J connectivity index is 2.16. The van der Waals surface area contributed by atoms with Crippen LogP contribution in [0.3, 0.4) is 0 Å². The zero-order chi connectivity index (χ0) is 21.1. The van der Waals surface area contributed by atoms with Crippen LogP contribution in [0.25, 0.3) is 0 Å². The number of benzene rings is 2. The predicted molar refractivity (Wildman–Crippen MR) is 94.8 cm³/mol. The van der Waals surface area contributed by atoms with Crippen LogP contribution in [0, 0.1) is 0 Å². The van der Waals surface area contributed by atoms with Crippen LogP contribution < -0.4 is 15.8 Å². The van der Waals surface area contributed by atoms with Gasteiger partial charge in [0.1, 0.15) is 0 Å². The average molecular weight is 415 g/mol. The normalized spacial score (nSPS) is 13.0. The molecule has 2 amide bonds. The van der Waals surface area contributed by atoms with Gasteiger partial charge in [-0.3, -0.25) is 9.59 Å². The van der Waals surface area contributed by atoms with Gasteiger partial charge in [-0.1, -0.05) is 12.1 Å². The quantitative estimate of drug-likeness (QED) is 0.670. The minimum Gasteiger partial charge on any atom is -0.366 e. The Bertz CT molecular complexity index is 989. The van der Waals surface area contributed by atoms with Crippen molar-refractivity contribution in [3.05, 3.63) is 59.7 Å². The van der Waals surface area contributed by atoms with E-state index in [1.165, 1.54) is 31.2 Å². The van der Waals surface area contributed by atoms with E-state index in [2.05, 4.69) is 5.32 Å². The molecule has 2 rings (SSSR count). The van der Waals surface area contributed by atoms with E-state index in [0.29, 0.717) is 6.07 Å². The SMILES string of the molecule is C[C@H](NS(=O)(=O)c1ccccc1C(F)(F)F)C(=O)Nc1ccc(C(N)=O)cc1. The average Bonchev–Trinajstić information content (AvgIpc) is 2.61. The smallest absolute Gasteiger partial charge is 0.366 e. The number of hydrogen-bond donors (Lipinski definition) is 3. The predicted octanol–water partition coefficient (Wildman–Crippen LogP) is 2.11. The van der Waals surface area contributed by atoms with Gasteiger partial charge in [-0.05, 0) is 43.3 Å². The van der Waals surface area contributed by atoms with E-state index in [9.17, 15) is 31.2 Å². The first-order chi connectivity index (χ1) is 12.9. The van der Waals surface area contributed by atoms with Gasteiger partial charge in [-0.2, -0.15) is 17.9 Å². The van der Waals surface area contributed by atoms with Crippen LogP contribution >= 0.6 is 0 Å². The summed E-state index contributed by atoms with van der Waals surface area (Å²) in [7, 11) is -4.62. The summed E-state index contributed by atoms with van der Waals surface area (Å²) in [5.41, 5.74) is 4.21. The highest BCUT2D eigenvalue weighted by molar-refractivity contribution is 7.89. The summed E-state index contributed by atoms with van der Waals surface area (Å²) in [6.07, 6.45) is -4.88. The number of amides is 2. The number of anilines is 1. The number of nitrogens with one attached hydrogen (secondary N) is 2. The van der Waals surface area contributed by atoms with Crippen LogP contribution in [0.15, 0.2) is 53.4 Å². The van der Waals surface area contributed by atoms with E-state index < -0.39 is 44.5 Å². The minimum atomic E-state index is -4.88. The van der Waals surface area contributed by atoms with Crippen molar-refractivity contribution in [2.75, 3.05) is 5.32 Å². The summed E-state index contributed by atoms with van der Waals surface area (Å²) < 4.78 is 65.8. The monoisotopic (exact) mass is 415 g/mol. The molecule has 0 bridgehead atoms. The molecule has 28 heavy (non-hydrogen) atoms. The first-order valence-electron chi connectivity index (χ1n) is 7.81. The molecule has 4 N–H and O–H groups in total. The lowest BCUT2D eigenvalue weighted by Crippen LogP contribution is -2.42. The topological polar surface area (TPSA) is 118 Å². The first kappa shape index (κ1) is 21.4. The lowest BCUT2D eigenvalue weighted by atomic mass is 10.2. The molecule has 0 aliphatic rings. The molecule has 7 nitrogen and oxygen atoms in total. The van der Waals surface area contributed by atoms with Crippen molar-refractivity contribution in [3.8, 4) is 0 Å². The number of carbonyl (C=O) groups excluding carboxylic acids is 2. The molecule has 1 atom stereocenters. The number of hydrogen-bond acceptors (Lipinski definition) is 4. The third kappa shape index (κ3) is 5.08. The Morgan fingerprint density at radius 3 is 2.14 bits per heavy atom. The van der Waals surface area contributed by atoms with Gasteiger partial charge in [0.25, 0.3) is 0 Å². The number of alkyl halides is 3. The van der Waals surface area contributed by atoms with Crippen LogP contribution in [-0.4, -0.2) is 26.3 Å². The van der Waals surface area contributed by atoms with Crippen molar-refractivity contribution >= 4 is 27.5 Å². The number of halogens is 3. The van der Waals surface area contributed by atoms with Gasteiger partial charge in [0.05, 0.1) is 16.5 Å². The summed E-state index contributed by atoms with van der Waals surface area (Å²) >= 11 is 0. The largest absolute Gasteiger partial charge is 0.417 e. The van der Waals surface area contributed by atoms with Crippen molar-refractivity contribution < 1.29 is 31.2 Å². The number of sulfonamides is 1. The molecule has 0 heterocycles. The van der Waals surface area contributed by atoms with Gasteiger partial charge in [0, 0.05) is 11.3 Å². The van der Waals surface area contributed by atoms with Crippen molar-refractivity contribution in [2.45, 2.75) is 24.0 Å². The molecule has 2 aromatic carbocycles. The third-order valence-electron chi connectivity index (χ3n) is 3.64. The number of rotatable bonds is 6. The van der Waals surface area contributed by atoms with E-state index >= 15 is 0 Å². The number of primary amides is 1. The molecule has 0 unspecified atom stereocenters. The van der Waals surface area contributed by atoms with Gasteiger partial charge < -0.3 is 11.1 Å². The van der Waals surface area contributed by atoms with E-state index in [1.807, 2.05) is 4.72 Å². The van der Waals surface area contributed by atoms with Gasteiger partial charge in [0.2, 0.25) is 21.8 Å². The zero-order valence-electron chi connectivity index (χ0n) is 14.4. The van der Waals surface area contributed by atoms with Crippen LogP contribution in [0.5, 0.6) is 0 Å². The summed E-state index contributed by atoms with van der Waals surface area (Å²) in [6, 6.07) is 7.73. The van der Waals surface area contributed by atoms with Crippen molar-refractivity contribution in [3.63, 3.8) is 0 Å². The second-order valence-corrected chi connectivity index (χ2v) is 7.45. The minimum absolute atomic E-state index is 0.204. The highest BCUT2D eigenvalue weighted by Crippen LogP contribution is 2.33. The maximum atomic E-state index is 13.0. The van der Waals surface area contributed by atoms with Gasteiger partial charge >= 0.3 is 6.18 Å². The molecule has 0 spiro atoms. The summed E-state index contributed by atoms with van der Waals surface area (Å²) in [5, 5.41) is 2.39.